The van der Waals surface area contributed by atoms with Crippen molar-refractivity contribution in [2.24, 2.45) is 0 Å². The minimum absolute atomic E-state index is 0.0267. The van der Waals surface area contributed by atoms with Gasteiger partial charge < -0.3 is 14.9 Å². The molecule has 1 unspecified atom stereocenters. The Bertz CT molecular complexity index is 428. The molecule has 0 bridgehead atoms. The number of hydrogen-bond donors (Lipinski definition) is 2. The van der Waals surface area contributed by atoms with Crippen LogP contribution >= 0.6 is 0 Å². The summed E-state index contributed by atoms with van der Waals surface area (Å²) in [5.41, 5.74) is 0.438. The first-order valence-corrected chi connectivity index (χ1v) is 4.68. The molecule has 0 saturated heterocycles. The zero-order valence-electron chi connectivity index (χ0n) is 9.24. The maximum absolute atomic E-state index is 13.6. The molecule has 1 rings (SSSR count). The average molecular weight is 228 g/mol. The van der Waals surface area contributed by atoms with Gasteiger partial charge in [0.15, 0.2) is 17.3 Å². The molecule has 1 aromatic rings. The number of phenolic OH excluding ortho intramolecular Hbond substituents is 1. The number of benzene rings is 1. The van der Waals surface area contributed by atoms with Gasteiger partial charge in [0.2, 0.25) is 0 Å². The van der Waals surface area contributed by atoms with Crippen LogP contribution in [-0.2, 0) is 4.79 Å². The van der Waals surface area contributed by atoms with E-state index in [1.54, 1.807) is 6.92 Å². The summed E-state index contributed by atoms with van der Waals surface area (Å²) >= 11 is 0. The number of halogens is 1. The third kappa shape index (κ3) is 1.93. The highest BCUT2D eigenvalue weighted by Gasteiger charge is 2.23. The number of aliphatic carboxylic acids is 1. The van der Waals surface area contributed by atoms with Crippen LogP contribution in [0.1, 0.15) is 24.0 Å². The summed E-state index contributed by atoms with van der Waals surface area (Å²) in [4.78, 5) is 10.7. The lowest BCUT2D eigenvalue weighted by Crippen LogP contribution is -2.10. The van der Waals surface area contributed by atoms with Gasteiger partial charge in [0.25, 0.3) is 0 Å². The molecule has 16 heavy (non-hydrogen) atoms. The number of hydrogen-bond acceptors (Lipinski definition) is 3. The van der Waals surface area contributed by atoms with Crippen LogP contribution in [0, 0.1) is 12.7 Å². The predicted molar refractivity (Wildman–Crippen MR) is 55.4 cm³/mol. The van der Waals surface area contributed by atoms with E-state index in [1.165, 1.54) is 20.1 Å². The number of aromatic hydroxyl groups is 1. The number of methoxy groups -OCH3 is 1. The third-order valence-corrected chi connectivity index (χ3v) is 2.45. The van der Waals surface area contributed by atoms with E-state index in [0.717, 1.165) is 0 Å². The molecule has 0 spiro atoms. The second-order valence-corrected chi connectivity index (χ2v) is 3.54. The van der Waals surface area contributed by atoms with E-state index in [-0.39, 0.29) is 11.3 Å². The minimum atomic E-state index is -1.15. The van der Waals surface area contributed by atoms with Gasteiger partial charge in [-0.2, -0.15) is 0 Å². The zero-order valence-corrected chi connectivity index (χ0v) is 9.24. The zero-order chi connectivity index (χ0) is 12.5. The van der Waals surface area contributed by atoms with Gasteiger partial charge in [-0.3, -0.25) is 4.79 Å². The fourth-order valence-electron chi connectivity index (χ4n) is 1.49. The van der Waals surface area contributed by atoms with E-state index >= 15 is 0 Å². The summed E-state index contributed by atoms with van der Waals surface area (Å²) < 4.78 is 18.5. The van der Waals surface area contributed by atoms with Gasteiger partial charge in [0.1, 0.15) is 0 Å². The van der Waals surface area contributed by atoms with Crippen LogP contribution < -0.4 is 4.74 Å². The Hall–Kier alpha value is -1.78. The first-order chi connectivity index (χ1) is 7.40. The number of rotatable bonds is 3. The summed E-state index contributed by atoms with van der Waals surface area (Å²) in [6, 6.07) is 1.37. The molecule has 0 saturated carbocycles. The minimum Gasteiger partial charge on any atom is -0.502 e. The molecule has 0 aromatic heterocycles. The predicted octanol–water partition coefficient (Wildman–Crippen LogP) is 2.04. The molecule has 5 heteroatoms. The van der Waals surface area contributed by atoms with Gasteiger partial charge in [-0.25, -0.2) is 4.39 Å². The van der Waals surface area contributed by atoms with Gasteiger partial charge in [-0.1, -0.05) is 0 Å². The van der Waals surface area contributed by atoms with Crippen LogP contribution in [0.2, 0.25) is 0 Å². The van der Waals surface area contributed by atoms with Crippen molar-refractivity contribution in [1.82, 2.24) is 0 Å². The van der Waals surface area contributed by atoms with Crippen molar-refractivity contribution in [1.29, 1.82) is 0 Å². The number of carboxylic acid groups (broad SMARTS) is 1. The van der Waals surface area contributed by atoms with Crippen LogP contribution in [0.15, 0.2) is 6.07 Å². The van der Waals surface area contributed by atoms with Crippen molar-refractivity contribution in [3.63, 3.8) is 0 Å². The Kier molecular flexibility index (Phi) is 3.37. The smallest absolute Gasteiger partial charge is 0.310 e. The topological polar surface area (TPSA) is 66.8 Å². The molecular formula is C11H13FO4. The molecule has 0 heterocycles. The summed E-state index contributed by atoms with van der Waals surface area (Å²) in [7, 11) is 1.31. The van der Waals surface area contributed by atoms with Crippen LogP contribution in [0.5, 0.6) is 11.5 Å². The van der Waals surface area contributed by atoms with Crippen molar-refractivity contribution in [3.05, 3.63) is 23.0 Å². The summed E-state index contributed by atoms with van der Waals surface area (Å²) in [6.45, 7) is 2.96. The normalized spacial score (nSPS) is 12.2. The molecule has 2 N–H and O–H groups in total. The second-order valence-electron chi connectivity index (χ2n) is 3.54. The number of carboxylic acids is 1. The lowest BCUT2D eigenvalue weighted by molar-refractivity contribution is -0.138. The fraction of sp³-hybridized carbons (Fsp3) is 0.364. The van der Waals surface area contributed by atoms with Crippen molar-refractivity contribution >= 4 is 5.97 Å². The Morgan fingerprint density at radius 1 is 1.56 bits per heavy atom. The Morgan fingerprint density at radius 3 is 2.56 bits per heavy atom. The average Bonchev–Trinajstić information content (AvgIpc) is 2.23. The number of carbonyl (C=O) groups is 1. The molecule has 0 aliphatic rings. The molecule has 0 aliphatic carbocycles. The SMILES string of the molecule is COc1c(C)cc(C(C)C(=O)O)c(F)c1O. The van der Waals surface area contributed by atoms with E-state index in [9.17, 15) is 14.3 Å². The highest BCUT2D eigenvalue weighted by molar-refractivity contribution is 5.76. The molecule has 88 valence electrons. The van der Waals surface area contributed by atoms with Crippen LogP contribution in [0.25, 0.3) is 0 Å². The van der Waals surface area contributed by atoms with E-state index in [2.05, 4.69) is 0 Å². The first kappa shape index (κ1) is 12.3. The fourth-order valence-corrected chi connectivity index (χ4v) is 1.49. The number of ether oxygens (including phenoxy) is 1. The Balaban J connectivity index is 3.39. The molecule has 1 atom stereocenters. The molecule has 1 aromatic carbocycles. The highest BCUT2D eigenvalue weighted by atomic mass is 19.1. The lowest BCUT2D eigenvalue weighted by atomic mass is 9.97. The molecule has 0 fully saturated rings. The lowest BCUT2D eigenvalue weighted by Gasteiger charge is -2.14. The second kappa shape index (κ2) is 4.38. The molecule has 4 nitrogen and oxygen atoms in total. The van der Waals surface area contributed by atoms with Gasteiger partial charge in [-0.15, -0.1) is 0 Å². The third-order valence-electron chi connectivity index (χ3n) is 2.45. The Morgan fingerprint density at radius 2 is 2.12 bits per heavy atom. The van der Waals surface area contributed by atoms with E-state index in [0.29, 0.717) is 5.56 Å². The summed E-state index contributed by atoms with van der Waals surface area (Å²) in [5, 5.41) is 18.3. The quantitative estimate of drug-likeness (QED) is 0.830. The van der Waals surface area contributed by atoms with Crippen molar-refractivity contribution in [3.8, 4) is 11.5 Å². The van der Waals surface area contributed by atoms with Crippen LogP contribution in [-0.4, -0.2) is 23.3 Å². The molecule has 0 amide bonds. The van der Waals surface area contributed by atoms with Gasteiger partial charge in [0.05, 0.1) is 13.0 Å². The number of phenols is 1. The van der Waals surface area contributed by atoms with Gasteiger partial charge in [0, 0.05) is 5.56 Å². The Labute approximate surface area is 92.3 Å². The maximum Gasteiger partial charge on any atom is 0.310 e. The van der Waals surface area contributed by atoms with Crippen molar-refractivity contribution < 1.29 is 24.1 Å². The van der Waals surface area contributed by atoms with Crippen molar-refractivity contribution in [2.45, 2.75) is 19.8 Å². The monoisotopic (exact) mass is 228 g/mol. The first-order valence-electron chi connectivity index (χ1n) is 4.68. The number of aryl methyl sites for hydroxylation is 1. The summed E-state index contributed by atoms with van der Waals surface area (Å²) in [6.07, 6.45) is 0. The van der Waals surface area contributed by atoms with E-state index in [4.69, 9.17) is 9.84 Å². The molecular weight excluding hydrogens is 215 g/mol. The highest BCUT2D eigenvalue weighted by Crippen LogP contribution is 2.37. The van der Waals surface area contributed by atoms with E-state index in [1.807, 2.05) is 0 Å². The standard InChI is InChI=1S/C11H13FO4/c1-5-4-7(6(2)11(14)15)8(12)9(13)10(5)16-3/h4,6,13H,1-3H3,(H,14,15). The maximum atomic E-state index is 13.6. The van der Waals surface area contributed by atoms with Gasteiger partial charge >= 0.3 is 5.97 Å². The molecule has 0 radical (unpaired) electrons. The summed E-state index contributed by atoms with van der Waals surface area (Å²) in [5.74, 6) is -3.74. The largest absolute Gasteiger partial charge is 0.502 e. The van der Waals surface area contributed by atoms with E-state index < -0.39 is 23.5 Å². The molecule has 0 aliphatic heterocycles. The van der Waals surface area contributed by atoms with Crippen LogP contribution in [0.4, 0.5) is 4.39 Å². The van der Waals surface area contributed by atoms with Crippen molar-refractivity contribution in [2.75, 3.05) is 7.11 Å². The van der Waals surface area contributed by atoms with Crippen LogP contribution in [0.3, 0.4) is 0 Å². The van der Waals surface area contributed by atoms with Gasteiger partial charge in [-0.05, 0) is 25.5 Å².